The van der Waals surface area contributed by atoms with Crippen LogP contribution >= 0.6 is 0 Å². The van der Waals surface area contributed by atoms with Crippen LogP contribution in [-0.2, 0) is 9.59 Å². The molecule has 0 radical (unpaired) electrons. The van der Waals surface area contributed by atoms with E-state index in [1.807, 2.05) is 32.0 Å². The molecule has 2 N–H and O–H groups in total. The predicted molar refractivity (Wildman–Crippen MR) is 92.5 cm³/mol. The van der Waals surface area contributed by atoms with Gasteiger partial charge in [0, 0.05) is 31.7 Å². The molecular formula is C18H27N3O2. The highest BCUT2D eigenvalue weighted by Crippen LogP contribution is 2.29. The number of anilines is 1. The lowest BCUT2D eigenvalue weighted by molar-refractivity contribution is -0.126. The number of hydrogen-bond donors (Lipinski definition) is 2. The largest absolute Gasteiger partial charge is 0.355 e. The van der Waals surface area contributed by atoms with E-state index in [0.29, 0.717) is 19.5 Å². The molecule has 0 saturated carbocycles. The van der Waals surface area contributed by atoms with Gasteiger partial charge in [-0.05, 0) is 44.0 Å². The van der Waals surface area contributed by atoms with Crippen LogP contribution in [0.3, 0.4) is 0 Å². The maximum atomic E-state index is 12.3. The van der Waals surface area contributed by atoms with E-state index >= 15 is 0 Å². The second-order valence-electron chi connectivity index (χ2n) is 6.17. The lowest BCUT2D eigenvalue weighted by Crippen LogP contribution is -2.37. The SMILES string of the molecule is CCCNCCNC(=O)C1CC(=O)N(c2cccc(C)c2C)C1. The van der Waals surface area contributed by atoms with Gasteiger partial charge in [-0.2, -0.15) is 0 Å². The minimum atomic E-state index is -0.256. The molecule has 2 rings (SSSR count). The Morgan fingerprint density at radius 3 is 2.78 bits per heavy atom. The molecule has 23 heavy (non-hydrogen) atoms. The number of nitrogens with one attached hydrogen (secondary N) is 2. The molecule has 2 amide bonds. The van der Waals surface area contributed by atoms with Crippen LogP contribution in [0.4, 0.5) is 5.69 Å². The first kappa shape index (κ1) is 17.5. The monoisotopic (exact) mass is 317 g/mol. The third-order valence-electron chi connectivity index (χ3n) is 4.39. The molecule has 1 heterocycles. The van der Waals surface area contributed by atoms with E-state index in [2.05, 4.69) is 17.6 Å². The standard InChI is InChI=1S/C18H27N3O2/c1-4-8-19-9-10-20-18(23)15-11-17(22)21(12-15)16-7-5-6-13(2)14(16)3/h5-7,15,19H,4,8-12H2,1-3H3,(H,20,23). The lowest BCUT2D eigenvalue weighted by atomic mass is 10.1. The zero-order chi connectivity index (χ0) is 16.8. The van der Waals surface area contributed by atoms with E-state index in [-0.39, 0.29) is 17.7 Å². The van der Waals surface area contributed by atoms with Gasteiger partial charge in [0.15, 0.2) is 0 Å². The zero-order valence-corrected chi connectivity index (χ0v) is 14.3. The van der Waals surface area contributed by atoms with E-state index in [0.717, 1.165) is 36.3 Å². The number of hydrogen-bond acceptors (Lipinski definition) is 3. The fourth-order valence-electron chi connectivity index (χ4n) is 2.86. The second-order valence-corrected chi connectivity index (χ2v) is 6.17. The quantitative estimate of drug-likeness (QED) is 0.754. The van der Waals surface area contributed by atoms with E-state index in [4.69, 9.17) is 0 Å². The minimum absolute atomic E-state index is 0.0237. The first-order chi connectivity index (χ1) is 11.0. The van der Waals surface area contributed by atoms with Crippen molar-refractivity contribution in [1.29, 1.82) is 0 Å². The molecular weight excluding hydrogens is 290 g/mol. The van der Waals surface area contributed by atoms with Crippen molar-refractivity contribution in [1.82, 2.24) is 10.6 Å². The molecule has 1 aliphatic rings. The Morgan fingerprint density at radius 2 is 2.04 bits per heavy atom. The van der Waals surface area contributed by atoms with E-state index in [1.165, 1.54) is 0 Å². The Balaban J connectivity index is 1.92. The summed E-state index contributed by atoms with van der Waals surface area (Å²) in [5.74, 6) is -0.249. The fourth-order valence-corrected chi connectivity index (χ4v) is 2.86. The minimum Gasteiger partial charge on any atom is -0.355 e. The van der Waals surface area contributed by atoms with Crippen LogP contribution < -0.4 is 15.5 Å². The average Bonchev–Trinajstić information content (AvgIpc) is 2.91. The van der Waals surface area contributed by atoms with Gasteiger partial charge in [-0.3, -0.25) is 9.59 Å². The lowest BCUT2D eigenvalue weighted by Gasteiger charge is -2.20. The van der Waals surface area contributed by atoms with Gasteiger partial charge in [-0.25, -0.2) is 0 Å². The summed E-state index contributed by atoms with van der Waals surface area (Å²) in [4.78, 5) is 26.3. The summed E-state index contributed by atoms with van der Waals surface area (Å²) >= 11 is 0. The van der Waals surface area contributed by atoms with Crippen LogP contribution in [0.2, 0.25) is 0 Å². The van der Waals surface area contributed by atoms with Crippen LogP contribution in [0.15, 0.2) is 18.2 Å². The number of aryl methyl sites for hydroxylation is 1. The van der Waals surface area contributed by atoms with Gasteiger partial charge in [0.25, 0.3) is 0 Å². The number of nitrogens with zero attached hydrogens (tertiary/aromatic N) is 1. The van der Waals surface area contributed by atoms with Gasteiger partial charge in [-0.15, -0.1) is 0 Å². The molecule has 1 atom stereocenters. The summed E-state index contributed by atoms with van der Waals surface area (Å²) in [6.07, 6.45) is 1.37. The number of benzene rings is 1. The zero-order valence-electron chi connectivity index (χ0n) is 14.3. The molecule has 0 aromatic heterocycles. The Morgan fingerprint density at radius 1 is 1.26 bits per heavy atom. The molecule has 0 aliphatic carbocycles. The van der Waals surface area contributed by atoms with Crippen LogP contribution in [0.1, 0.15) is 30.9 Å². The Bertz CT molecular complexity index is 571. The Kier molecular flexibility index (Phi) is 6.16. The highest BCUT2D eigenvalue weighted by Gasteiger charge is 2.35. The first-order valence-corrected chi connectivity index (χ1v) is 8.39. The highest BCUT2D eigenvalue weighted by molar-refractivity contribution is 6.00. The summed E-state index contributed by atoms with van der Waals surface area (Å²) in [5.41, 5.74) is 3.19. The maximum Gasteiger partial charge on any atom is 0.227 e. The molecule has 1 fully saturated rings. The summed E-state index contributed by atoms with van der Waals surface area (Å²) in [6, 6.07) is 5.94. The summed E-state index contributed by atoms with van der Waals surface area (Å²) in [6.45, 7) is 8.96. The number of carbonyl (C=O) groups is 2. The molecule has 5 nitrogen and oxygen atoms in total. The molecule has 5 heteroatoms. The summed E-state index contributed by atoms with van der Waals surface area (Å²) in [7, 11) is 0. The third kappa shape index (κ3) is 4.32. The van der Waals surface area contributed by atoms with Gasteiger partial charge >= 0.3 is 0 Å². The van der Waals surface area contributed by atoms with Gasteiger partial charge < -0.3 is 15.5 Å². The van der Waals surface area contributed by atoms with Crippen molar-refractivity contribution in [3.8, 4) is 0 Å². The molecule has 0 spiro atoms. The van der Waals surface area contributed by atoms with Crippen LogP contribution in [-0.4, -0.2) is 38.0 Å². The molecule has 1 aliphatic heterocycles. The molecule has 1 saturated heterocycles. The number of amides is 2. The highest BCUT2D eigenvalue weighted by atomic mass is 16.2. The fraction of sp³-hybridized carbons (Fsp3) is 0.556. The van der Waals surface area contributed by atoms with Crippen molar-refractivity contribution in [2.45, 2.75) is 33.6 Å². The third-order valence-corrected chi connectivity index (χ3v) is 4.39. The smallest absolute Gasteiger partial charge is 0.227 e. The van der Waals surface area contributed by atoms with Crippen molar-refractivity contribution in [2.75, 3.05) is 31.1 Å². The van der Waals surface area contributed by atoms with E-state index in [1.54, 1.807) is 4.90 Å². The topological polar surface area (TPSA) is 61.4 Å². The average molecular weight is 317 g/mol. The Hall–Kier alpha value is -1.88. The van der Waals surface area contributed by atoms with Crippen molar-refractivity contribution in [2.24, 2.45) is 5.92 Å². The van der Waals surface area contributed by atoms with Crippen molar-refractivity contribution in [3.05, 3.63) is 29.3 Å². The number of carbonyl (C=O) groups excluding carboxylic acids is 2. The summed E-state index contributed by atoms with van der Waals surface area (Å²) in [5, 5.41) is 6.17. The van der Waals surface area contributed by atoms with Gasteiger partial charge in [0.2, 0.25) is 11.8 Å². The predicted octanol–water partition coefficient (Wildman–Crippen LogP) is 1.77. The molecule has 0 bridgehead atoms. The van der Waals surface area contributed by atoms with Crippen LogP contribution in [0.25, 0.3) is 0 Å². The second kappa shape index (κ2) is 8.11. The van der Waals surface area contributed by atoms with Gasteiger partial charge in [0.05, 0.1) is 5.92 Å². The van der Waals surface area contributed by atoms with Crippen molar-refractivity contribution >= 4 is 17.5 Å². The molecule has 1 unspecified atom stereocenters. The van der Waals surface area contributed by atoms with Gasteiger partial charge in [0.1, 0.15) is 0 Å². The normalized spacial score (nSPS) is 17.6. The van der Waals surface area contributed by atoms with Crippen LogP contribution in [0.5, 0.6) is 0 Å². The first-order valence-electron chi connectivity index (χ1n) is 8.39. The summed E-state index contributed by atoms with van der Waals surface area (Å²) < 4.78 is 0. The van der Waals surface area contributed by atoms with Gasteiger partial charge in [-0.1, -0.05) is 19.1 Å². The van der Waals surface area contributed by atoms with Crippen LogP contribution in [0, 0.1) is 19.8 Å². The van der Waals surface area contributed by atoms with E-state index < -0.39 is 0 Å². The maximum absolute atomic E-state index is 12.3. The number of rotatable bonds is 7. The van der Waals surface area contributed by atoms with Crippen molar-refractivity contribution in [3.63, 3.8) is 0 Å². The molecule has 126 valence electrons. The Labute approximate surface area is 138 Å². The van der Waals surface area contributed by atoms with E-state index in [9.17, 15) is 9.59 Å². The molecule has 1 aromatic carbocycles. The van der Waals surface area contributed by atoms with Crippen molar-refractivity contribution < 1.29 is 9.59 Å². The molecule has 1 aromatic rings.